The maximum atomic E-state index is 9.37. The number of hydrogen-bond acceptors (Lipinski definition) is 2. The number of aliphatic hydroxyl groups is 1. The minimum atomic E-state index is -0.566. The molecular weight excluding hydrogens is 288 g/mol. The monoisotopic (exact) mass is 294 g/mol. The smallest absolute Gasteiger partial charge is 0.130 e. The van der Waals surface area contributed by atoms with Gasteiger partial charge in [-0.15, -0.1) is 0 Å². The Labute approximate surface area is 87.5 Å². The quantitative estimate of drug-likeness (QED) is 0.824. The molecule has 0 bridgehead atoms. The molecule has 0 saturated carbocycles. The first-order valence-electron chi connectivity index (χ1n) is 3.37. The molecule has 0 aliphatic heterocycles. The molecule has 0 spiro atoms. The zero-order chi connectivity index (χ0) is 9.14. The molecule has 2 nitrogen and oxygen atoms in total. The minimum Gasteiger partial charge on any atom is -0.507 e. The second-order valence-electron chi connectivity index (χ2n) is 2.38. The first-order valence-corrected chi connectivity index (χ1v) is 5.29. The van der Waals surface area contributed by atoms with Crippen LogP contribution in [0.5, 0.6) is 5.75 Å². The van der Waals surface area contributed by atoms with Crippen LogP contribution in [0.4, 0.5) is 0 Å². The van der Waals surface area contributed by atoms with Crippen molar-refractivity contribution in [3.8, 4) is 5.75 Å². The number of benzene rings is 1. The minimum absolute atomic E-state index is 0.146. The second-order valence-corrected chi connectivity index (χ2v) is 3.88. The summed E-state index contributed by atoms with van der Waals surface area (Å²) >= 11 is 6.31. The van der Waals surface area contributed by atoms with E-state index in [-0.39, 0.29) is 5.75 Å². The summed E-state index contributed by atoms with van der Waals surface area (Å²) in [4.78, 5) is 0. The first-order chi connectivity index (χ1) is 5.65. The van der Waals surface area contributed by atoms with Crippen molar-refractivity contribution in [3.05, 3.63) is 28.2 Å². The summed E-state index contributed by atoms with van der Waals surface area (Å²) in [6.07, 6.45) is -0.566. The fourth-order valence-corrected chi connectivity index (χ4v) is 1.45. The normalized spacial score (nSPS) is 12.9. The van der Waals surface area contributed by atoms with Gasteiger partial charge in [-0.05, 0) is 33.6 Å². The van der Waals surface area contributed by atoms with Crippen molar-refractivity contribution in [1.82, 2.24) is 0 Å². The van der Waals surface area contributed by atoms with Crippen molar-refractivity contribution >= 4 is 31.9 Å². The summed E-state index contributed by atoms with van der Waals surface area (Å²) in [6, 6.07) is 5.00. The molecule has 2 N–H and O–H groups in total. The molecule has 0 saturated heterocycles. The largest absolute Gasteiger partial charge is 0.507 e. The highest BCUT2D eigenvalue weighted by Crippen LogP contribution is 2.27. The molecule has 0 aliphatic carbocycles. The average Bonchev–Trinajstić information content (AvgIpc) is 2.08. The lowest BCUT2D eigenvalue weighted by Crippen LogP contribution is -1.97. The van der Waals surface area contributed by atoms with Crippen molar-refractivity contribution < 1.29 is 10.2 Å². The Morgan fingerprint density at radius 3 is 2.58 bits per heavy atom. The van der Waals surface area contributed by atoms with Gasteiger partial charge >= 0.3 is 0 Å². The molecule has 0 heterocycles. The molecule has 1 aromatic rings. The molecule has 4 heteroatoms. The van der Waals surface area contributed by atoms with Gasteiger partial charge in [-0.2, -0.15) is 0 Å². The lowest BCUT2D eigenvalue weighted by atomic mass is 10.1. The van der Waals surface area contributed by atoms with Crippen LogP contribution in [-0.4, -0.2) is 15.5 Å². The van der Waals surface area contributed by atoms with Crippen LogP contribution in [0.25, 0.3) is 0 Å². The van der Waals surface area contributed by atoms with Crippen LogP contribution in [0.2, 0.25) is 0 Å². The van der Waals surface area contributed by atoms with Gasteiger partial charge in [0.1, 0.15) is 5.75 Å². The van der Waals surface area contributed by atoms with Crippen molar-refractivity contribution in [2.45, 2.75) is 6.10 Å². The highest BCUT2D eigenvalue weighted by molar-refractivity contribution is 9.10. The molecule has 0 aliphatic rings. The number of halogens is 2. The van der Waals surface area contributed by atoms with Crippen molar-refractivity contribution in [1.29, 1.82) is 0 Å². The lowest BCUT2D eigenvalue weighted by molar-refractivity contribution is 0.205. The molecular formula is C8H8Br2O2. The summed E-state index contributed by atoms with van der Waals surface area (Å²) in [5.41, 5.74) is 0.701. The molecule has 0 aromatic heterocycles. The average molecular weight is 296 g/mol. The van der Waals surface area contributed by atoms with Gasteiger partial charge in [-0.1, -0.05) is 22.0 Å². The van der Waals surface area contributed by atoms with Crippen molar-refractivity contribution in [3.63, 3.8) is 0 Å². The SMILES string of the molecule is Oc1cc(C(O)CBr)ccc1Br. The Hall–Kier alpha value is -0.0600. The molecule has 1 unspecified atom stereocenters. The van der Waals surface area contributed by atoms with Gasteiger partial charge in [0.2, 0.25) is 0 Å². The standard InChI is InChI=1S/C8H8Br2O2/c9-4-8(12)5-1-2-6(10)7(11)3-5/h1-3,8,11-12H,4H2. The van der Waals surface area contributed by atoms with E-state index in [2.05, 4.69) is 31.9 Å². The summed E-state index contributed by atoms with van der Waals surface area (Å²) in [5.74, 6) is 0.146. The Kier molecular flexibility index (Phi) is 3.55. The van der Waals surface area contributed by atoms with Crippen molar-refractivity contribution in [2.75, 3.05) is 5.33 Å². The predicted octanol–water partition coefficient (Wildman–Crippen LogP) is 2.58. The Morgan fingerprint density at radius 2 is 2.08 bits per heavy atom. The molecule has 12 heavy (non-hydrogen) atoms. The number of aromatic hydroxyl groups is 1. The number of aliphatic hydroxyl groups excluding tert-OH is 1. The molecule has 66 valence electrons. The third kappa shape index (κ3) is 2.21. The van der Waals surface area contributed by atoms with Gasteiger partial charge in [-0.3, -0.25) is 0 Å². The Bertz CT molecular complexity index is 276. The summed E-state index contributed by atoms with van der Waals surface area (Å²) in [5, 5.41) is 19.1. The van der Waals surface area contributed by atoms with E-state index in [1.165, 1.54) is 6.07 Å². The van der Waals surface area contributed by atoms with Crippen LogP contribution < -0.4 is 0 Å². The fraction of sp³-hybridized carbons (Fsp3) is 0.250. The van der Waals surface area contributed by atoms with Crippen LogP contribution in [0.1, 0.15) is 11.7 Å². The van der Waals surface area contributed by atoms with E-state index >= 15 is 0 Å². The van der Waals surface area contributed by atoms with Gasteiger partial charge in [0.05, 0.1) is 10.6 Å². The lowest BCUT2D eigenvalue weighted by Gasteiger charge is -2.07. The molecule has 1 aromatic carbocycles. The van der Waals surface area contributed by atoms with Crippen LogP contribution >= 0.6 is 31.9 Å². The number of hydrogen-bond donors (Lipinski definition) is 2. The summed E-state index contributed by atoms with van der Waals surface area (Å²) < 4.78 is 0.632. The van der Waals surface area contributed by atoms with Crippen LogP contribution in [-0.2, 0) is 0 Å². The van der Waals surface area contributed by atoms with Crippen molar-refractivity contribution in [2.24, 2.45) is 0 Å². The van der Waals surface area contributed by atoms with E-state index in [1.807, 2.05) is 0 Å². The number of phenolic OH excluding ortho intramolecular Hbond substituents is 1. The molecule has 0 amide bonds. The first kappa shape index (κ1) is 10.0. The Morgan fingerprint density at radius 1 is 1.42 bits per heavy atom. The highest BCUT2D eigenvalue weighted by atomic mass is 79.9. The van der Waals surface area contributed by atoms with E-state index < -0.39 is 6.10 Å². The fourth-order valence-electron chi connectivity index (χ4n) is 0.826. The highest BCUT2D eigenvalue weighted by Gasteiger charge is 2.07. The topological polar surface area (TPSA) is 40.5 Å². The Balaban J connectivity index is 2.96. The van der Waals surface area contributed by atoms with Crippen LogP contribution in [0.3, 0.4) is 0 Å². The number of rotatable bonds is 2. The van der Waals surface area contributed by atoms with Gasteiger partial charge in [0, 0.05) is 5.33 Å². The maximum Gasteiger partial charge on any atom is 0.130 e. The summed E-state index contributed by atoms with van der Waals surface area (Å²) in [6.45, 7) is 0. The number of alkyl halides is 1. The van der Waals surface area contributed by atoms with E-state index in [0.29, 0.717) is 15.4 Å². The van der Waals surface area contributed by atoms with Gasteiger partial charge in [0.15, 0.2) is 0 Å². The maximum absolute atomic E-state index is 9.37. The van der Waals surface area contributed by atoms with Gasteiger partial charge < -0.3 is 10.2 Å². The molecule has 1 atom stereocenters. The predicted molar refractivity (Wildman–Crippen MR) is 54.6 cm³/mol. The van der Waals surface area contributed by atoms with Gasteiger partial charge in [0.25, 0.3) is 0 Å². The van der Waals surface area contributed by atoms with Crippen LogP contribution in [0.15, 0.2) is 22.7 Å². The van der Waals surface area contributed by atoms with E-state index in [1.54, 1.807) is 12.1 Å². The molecule has 0 radical (unpaired) electrons. The van der Waals surface area contributed by atoms with Crippen LogP contribution in [0, 0.1) is 0 Å². The summed E-state index contributed by atoms with van der Waals surface area (Å²) in [7, 11) is 0. The van der Waals surface area contributed by atoms with E-state index in [9.17, 15) is 10.2 Å². The zero-order valence-corrected chi connectivity index (χ0v) is 9.34. The molecule has 1 rings (SSSR count). The zero-order valence-electron chi connectivity index (χ0n) is 6.17. The third-order valence-electron chi connectivity index (χ3n) is 1.50. The number of phenols is 1. The van der Waals surface area contributed by atoms with Gasteiger partial charge in [-0.25, -0.2) is 0 Å². The molecule has 0 fully saturated rings. The van der Waals surface area contributed by atoms with E-state index in [4.69, 9.17) is 0 Å². The third-order valence-corrected chi connectivity index (χ3v) is 2.78. The van der Waals surface area contributed by atoms with E-state index in [0.717, 1.165) is 0 Å². The second kappa shape index (κ2) is 4.25.